The van der Waals surface area contributed by atoms with Crippen LogP contribution in [0.1, 0.15) is 84.5 Å². The Bertz CT molecular complexity index is 1210. The maximum absolute atomic E-state index is 12.8. The van der Waals surface area contributed by atoms with Crippen LogP contribution in [0.25, 0.3) is 0 Å². The number of hydrogen-bond acceptors (Lipinski definition) is 11. The number of carbonyl (C=O) groups is 4. The minimum absolute atomic E-state index is 0. The first-order chi connectivity index (χ1) is 23.4. The lowest BCUT2D eigenvalue weighted by Gasteiger charge is -2.25. The molecule has 11 nitrogen and oxygen atoms in total. The van der Waals surface area contributed by atoms with Gasteiger partial charge in [-0.15, -0.1) is 24.0 Å². The molecule has 1 fully saturated rings. The van der Waals surface area contributed by atoms with Crippen LogP contribution in [0.15, 0.2) is 73.8 Å². The van der Waals surface area contributed by atoms with Gasteiger partial charge in [-0.25, -0.2) is 9.59 Å². The van der Waals surface area contributed by atoms with E-state index in [1.165, 1.54) is 0 Å². The Morgan fingerprint density at radius 3 is 1.13 bits per heavy atom. The second-order valence-electron chi connectivity index (χ2n) is 11.6. The number of ether oxygens (including phenoxy) is 6. The Kier molecular flexibility index (Phi) is 29.1. The highest BCUT2D eigenvalue weighted by molar-refractivity contribution is 14.0. The predicted molar refractivity (Wildman–Crippen MR) is 217 cm³/mol. The van der Waals surface area contributed by atoms with E-state index >= 15 is 0 Å². The van der Waals surface area contributed by atoms with E-state index < -0.39 is 11.9 Å². The highest BCUT2D eigenvalue weighted by Gasteiger charge is 2.32. The number of hydrogen-bond donors (Lipinski definition) is 1. The Balaban J connectivity index is 0. The van der Waals surface area contributed by atoms with E-state index in [0.29, 0.717) is 75.1 Å². The van der Waals surface area contributed by atoms with Crippen molar-refractivity contribution in [2.75, 3.05) is 26.4 Å². The van der Waals surface area contributed by atoms with Crippen LogP contribution in [0.2, 0.25) is 0 Å². The van der Waals surface area contributed by atoms with Gasteiger partial charge in [-0.05, 0) is 126 Å². The molecule has 0 amide bonds. The molecule has 1 aliphatic carbocycles. The quantitative estimate of drug-likeness (QED) is 0.0396. The van der Waals surface area contributed by atoms with Gasteiger partial charge in [-0.3, -0.25) is 9.59 Å². The first-order valence-electron chi connectivity index (χ1n) is 16.9. The molecular weight excluding hydrogens is 801 g/mol. The Morgan fingerprint density at radius 2 is 0.827 bits per heavy atom. The summed E-state index contributed by atoms with van der Waals surface area (Å²) in [5, 5.41) is 0. The van der Waals surface area contributed by atoms with Crippen molar-refractivity contribution in [3.05, 3.63) is 73.8 Å². The first kappa shape index (κ1) is 50.5. The molecule has 0 aromatic heterocycles. The van der Waals surface area contributed by atoms with Crippen molar-refractivity contribution in [3.63, 3.8) is 0 Å². The van der Waals surface area contributed by atoms with Crippen LogP contribution in [-0.2, 0) is 28.7 Å². The van der Waals surface area contributed by atoms with Gasteiger partial charge in [0.25, 0.3) is 0 Å². The molecule has 292 valence electrons. The van der Waals surface area contributed by atoms with E-state index in [0.717, 1.165) is 63.5 Å². The Hall–Kier alpha value is -3.56. The lowest BCUT2D eigenvalue weighted by atomic mass is 9.82. The summed E-state index contributed by atoms with van der Waals surface area (Å²) < 4.78 is 32.6. The Labute approximate surface area is 333 Å². The predicted octanol–water partition coefficient (Wildman–Crippen LogP) is 8.87. The molecule has 1 saturated carbocycles. The number of esters is 4. The molecular formula is C39H58INO10S. The molecule has 13 heteroatoms. The third kappa shape index (κ3) is 20.5. The average molecular weight is 860 g/mol. The molecule has 0 spiro atoms. The molecule has 3 N–H and O–H groups in total. The van der Waals surface area contributed by atoms with Crippen molar-refractivity contribution in [3.8, 4) is 23.0 Å². The monoisotopic (exact) mass is 859 g/mol. The van der Waals surface area contributed by atoms with Crippen LogP contribution in [0.3, 0.4) is 0 Å². The summed E-state index contributed by atoms with van der Waals surface area (Å²) in [4.78, 5) is 47.6. The molecule has 0 unspecified atom stereocenters. The zero-order chi connectivity index (χ0) is 34.4. The van der Waals surface area contributed by atoms with Crippen molar-refractivity contribution in [1.29, 1.82) is 0 Å². The maximum Gasteiger partial charge on any atom is 0.330 e. The topological polar surface area (TPSA) is 159 Å². The normalized spacial score (nSPS) is 14.2. The molecule has 0 heterocycles. The fourth-order valence-electron chi connectivity index (χ4n) is 5.13. The summed E-state index contributed by atoms with van der Waals surface area (Å²) in [6.07, 6.45) is 11.7. The first-order valence-corrected chi connectivity index (χ1v) is 16.9. The molecule has 3 rings (SSSR count). The number of halogens is 1. The standard InChI is InChI=1S/C38H48O10.CH4.HI.H3N.H2S/c1-3-35(39)45-27-11-7-5-9-25-43-31-17-21-33(22-18-31)47-37(41)29-13-15-30(16-14-29)38(42)48-34-23-19-32(20-24-34)44-26-10-6-8-12-28-46-36(40)4-2;;;;/h3-4,17-24,29-30H,1-2,5-16,25-28H2;1H4;1H;1H3;1H2. The molecule has 0 bridgehead atoms. The number of rotatable bonds is 22. The zero-order valence-corrected chi connectivity index (χ0v) is 32.7. The van der Waals surface area contributed by atoms with Gasteiger partial charge in [0.15, 0.2) is 0 Å². The van der Waals surface area contributed by atoms with Crippen molar-refractivity contribution < 1.29 is 47.6 Å². The minimum atomic E-state index is -0.396. The average Bonchev–Trinajstić information content (AvgIpc) is 3.11. The second-order valence-corrected chi connectivity index (χ2v) is 11.6. The molecule has 0 saturated heterocycles. The van der Waals surface area contributed by atoms with Crippen LogP contribution < -0.4 is 25.1 Å². The van der Waals surface area contributed by atoms with Crippen molar-refractivity contribution in [2.45, 2.75) is 84.5 Å². The molecule has 2 aromatic carbocycles. The molecule has 2 aromatic rings. The summed E-state index contributed by atoms with van der Waals surface area (Å²) in [5.41, 5.74) is 0. The zero-order valence-electron chi connectivity index (χ0n) is 29.4. The third-order valence-corrected chi connectivity index (χ3v) is 7.91. The van der Waals surface area contributed by atoms with Crippen LogP contribution in [0, 0.1) is 11.8 Å². The van der Waals surface area contributed by atoms with Crippen molar-refractivity contribution in [2.24, 2.45) is 11.8 Å². The fourth-order valence-corrected chi connectivity index (χ4v) is 5.13. The van der Waals surface area contributed by atoms with E-state index in [-0.39, 0.29) is 74.8 Å². The summed E-state index contributed by atoms with van der Waals surface area (Å²) in [7, 11) is 0. The van der Waals surface area contributed by atoms with Gasteiger partial charge < -0.3 is 34.6 Å². The van der Waals surface area contributed by atoms with Gasteiger partial charge in [0, 0.05) is 12.2 Å². The van der Waals surface area contributed by atoms with E-state index in [1.54, 1.807) is 48.5 Å². The maximum atomic E-state index is 12.8. The molecule has 52 heavy (non-hydrogen) atoms. The summed E-state index contributed by atoms with van der Waals surface area (Å²) in [6.45, 7) is 8.66. The lowest BCUT2D eigenvalue weighted by molar-refractivity contribution is -0.145. The van der Waals surface area contributed by atoms with Gasteiger partial charge in [0.05, 0.1) is 38.3 Å². The van der Waals surface area contributed by atoms with Gasteiger partial charge in [-0.1, -0.05) is 20.6 Å². The highest BCUT2D eigenvalue weighted by Crippen LogP contribution is 2.32. The Morgan fingerprint density at radius 1 is 0.538 bits per heavy atom. The smallest absolute Gasteiger partial charge is 0.330 e. The van der Waals surface area contributed by atoms with Gasteiger partial charge in [0.1, 0.15) is 23.0 Å². The van der Waals surface area contributed by atoms with Crippen LogP contribution in [0.5, 0.6) is 23.0 Å². The van der Waals surface area contributed by atoms with Crippen LogP contribution in [0.4, 0.5) is 0 Å². The van der Waals surface area contributed by atoms with E-state index in [1.807, 2.05) is 0 Å². The van der Waals surface area contributed by atoms with Gasteiger partial charge in [-0.2, -0.15) is 13.5 Å². The molecule has 0 aliphatic heterocycles. The minimum Gasteiger partial charge on any atom is -0.494 e. The van der Waals surface area contributed by atoms with Crippen molar-refractivity contribution >= 4 is 61.3 Å². The summed E-state index contributed by atoms with van der Waals surface area (Å²) in [5.74, 6) is 0.401. The summed E-state index contributed by atoms with van der Waals surface area (Å²) in [6, 6.07) is 14.0. The van der Waals surface area contributed by atoms with Crippen LogP contribution >= 0.6 is 37.5 Å². The lowest BCUT2D eigenvalue weighted by Crippen LogP contribution is -2.30. The number of benzene rings is 2. The van der Waals surface area contributed by atoms with Gasteiger partial charge >= 0.3 is 23.9 Å². The molecule has 0 radical (unpaired) electrons. The van der Waals surface area contributed by atoms with Crippen LogP contribution in [-0.4, -0.2) is 50.3 Å². The van der Waals surface area contributed by atoms with E-state index in [9.17, 15) is 19.2 Å². The largest absolute Gasteiger partial charge is 0.494 e. The van der Waals surface area contributed by atoms with Gasteiger partial charge in [0.2, 0.25) is 0 Å². The third-order valence-electron chi connectivity index (χ3n) is 7.91. The SMILES string of the molecule is C.C=CC(=O)OCCCCCCOc1ccc(OC(=O)C2CCC(C(=O)Oc3ccc(OCCCCCCOC(=O)C=C)cc3)CC2)cc1.I.N.S. The molecule has 1 aliphatic rings. The number of carbonyl (C=O) groups excluding carboxylic acids is 4. The fraction of sp³-hybridized carbons (Fsp3) is 0.487. The van der Waals surface area contributed by atoms with E-state index in [2.05, 4.69) is 13.2 Å². The number of unbranched alkanes of at least 4 members (excludes halogenated alkanes) is 6. The highest BCUT2D eigenvalue weighted by atomic mass is 127. The second kappa shape index (κ2) is 30.0. The van der Waals surface area contributed by atoms with Crippen molar-refractivity contribution in [1.82, 2.24) is 6.15 Å². The summed E-state index contributed by atoms with van der Waals surface area (Å²) >= 11 is 0. The van der Waals surface area contributed by atoms with E-state index in [4.69, 9.17) is 28.4 Å². The molecule has 0 atom stereocenters.